The molecule has 0 fully saturated rings. The molecule has 0 saturated heterocycles. The van der Waals surface area contributed by atoms with Crippen molar-refractivity contribution < 1.29 is 25.8 Å². The van der Waals surface area contributed by atoms with E-state index in [0.29, 0.717) is 5.52 Å². The zero-order valence-electron chi connectivity index (χ0n) is 16.4. The van der Waals surface area contributed by atoms with Gasteiger partial charge in [0.05, 0.1) is 5.52 Å². The van der Waals surface area contributed by atoms with Gasteiger partial charge in [0.15, 0.2) is 11.2 Å². The molecule has 0 unspecified atom stereocenters. The fraction of sp³-hybridized carbons (Fsp3) is 0.143. The van der Waals surface area contributed by atoms with Gasteiger partial charge in [-0.15, -0.1) is 0 Å². The number of rotatable bonds is 2. The summed E-state index contributed by atoms with van der Waals surface area (Å²) in [5.41, 5.74) is -2.29. The predicted octanol–water partition coefficient (Wildman–Crippen LogP) is 4.61. The number of fused-ring (bicyclic) bond motifs is 2. The summed E-state index contributed by atoms with van der Waals surface area (Å²) in [7, 11) is -5.68. The van der Waals surface area contributed by atoms with Gasteiger partial charge in [-0.25, -0.2) is 0 Å². The Kier molecular flexibility index (Phi) is 6.03. The van der Waals surface area contributed by atoms with Crippen LogP contribution in [0.1, 0.15) is 11.1 Å². The van der Waals surface area contributed by atoms with E-state index in [1.54, 1.807) is 31.3 Å². The molecule has 4 rings (SSSR count). The van der Waals surface area contributed by atoms with Gasteiger partial charge in [0.2, 0.25) is 0 Å². The van der Waals surface area contributed by atoms with E-state index >= 15 is 0 Å². The van der Waals surface area contributed by atoms with Gasteiger partial charge >= 0.3 is 15.6 Å². The Balaban J connectivity index is 0.000000194. The van der Waals surface area contributed by atoms with E-state index in [-0.39, 0.29) is 10.8 Å². The van der Waals surface area contributed by atoms with Crippen LogP contribution < -0.4 is 9.61 Å². The second-order valence-corrected chi connectivity index (χ2v) is 8.24. The van der Waals surface area contributed by atoms with Gasteiger partial charge in [-0.2, -0.15) is 21.6 Å². The number of hydrogen-bond acceptors (Lipinski definition) is 5. The number of hydrogen-bond donors (Lipinski definition) is 1. The number of H-pyrrole nitrogens is 1. The Morgan fingerprint density at radius 1 is 0.935 bits per heavy atom. The first-order valence-electron chi connectivity index (χ1n) is 8.92. The van der Waals surface area contributed by atoms with E-state index < -0.39 is 21.4 Å². The fourth-order valence-corrected chi connectivity index (χ4v) is 3.23. The van der Waals surface area contributed by atoms with Crippen LogP contribution >= 0.6 is 0 Å². The van der Waals surface area contributed by atoms with E-state index in [0.717, 1.165) is 28.1 Å². The number of aryl methyl sites for hydroxylation is 2. The largest absolute Gasteiger partial charge is 0.534 e. The first kappa shape index (κ1) is 22.3. The maximum Gasteiger partial charge on any atom is 0.534 e. The number of nitrogens with one attached hydrogen (secondary N) is 1. The maximum absolute atomic E-state index is 12.3. The summed E-state index contributed by atoms with van der Waals surface area (Å²) in [6.45, 7) is 3.69. The average molecular weight is 450 g/mol. The van der Waals surface area contributed by atoms with Gasteiger partial charge in [0.1, 0.15) is 0 Å². The molecule has 0 aliphatic rings. The lowest BCUT2D eigenvalue weighted by molar-refractivity contribution is -0.0499. The summed E-state index contributed by atoms with van der Waals surface area (Å²) >= 11 is 0. The minimum absolute atomic E-state index is 0.0763. The van der Waals surface area contributed by atoms with Crippen LogP contribution in [0.3, 0.4) is 0 Å². The predicted molar refractivity (Wildman–Crippen MR) is 111 cm³/mol. The highest BCUT2D eigenvalue weighted by Gasteiger charge is 2.48. The number of nitrogens with zero attached hydrogens (tertiary/aromatic N) is 1. The number of halogens is 3. The number of benzene rings is 2. The van der Waals surface area contributed by atoms with Gasteiger partial charge in [-0.3, -0.25) is 9.78 Å². The van der Waals surface area contributed by atoms with E-state index in [4.69, 9.17) is 0 Å². The lowest BCUT2D eigenvalue weighted by atomic mass is 10.1. The molecule has 162 valence electrons. The van der Waals surface area contributed by atoms with Crippen molar-refractivity contribution in [3.05, 3.63) is 82.3 Å². The molecule has 0 aliphatic heterocycles. The molecular weight excluding hydrogens is 433 g/mol. The molecular formula is C21H17F3N2O4S. The summed E-state index contributed by atoms with van der Waals surface area (Å²) in [6.07, 6.45) is 2.85. The van der Waals surface area contributed by atoms with E-state index in [9.17, 15) is 26.4 Å². The molecule has 2 heterocycles. The van der Waals surface area contributed by atoms with Crippen molar-refractivity contribution in [2.75, 3.05) is 0 Å². The van der Waals surface area contributed by atoms with Crippen molar-refractivity contribution in [1.29, 1.82) is 0 Å². The van der Waals surface area contributed by atoms with Crippen molar-refractivity contribution in [2.45, 2.75) is 19.4 Å². The minimum atomic E-state index is -5.68. The van der Waals surface area contributed by atoms with Gasteiger partial charge in [-0.05, 0) is 38.1 Å². The summed E-state index contributed by atoms with van der Waals surface area (Å²) in [5, 5.41) is 0.966. The molecule has 10 heteroatoms. The molecule has 0 amide bonds. The number of aromatic amines is 1. The van der Waals surface area contributed by atoms with Gasteiger partial charge in [-0.1, -0.05) is 23.3 Å². The minimum Gasteiger partial charge on any atom is -0.375 e. The molecule has 2 aromatic carbocycles. The van der Waals surface area contributed by atoms with E-state index in [2.05, 4.69) is 14.2 Å². The molecule has 0 spiro atoms. The normalized spacial score (nSPS) is 11.8. The third kappa shape index (κ3) is 5.02. The fourth-order valence-electron chi connectivity index (χ4n) is 2.76. The van der Waals surface area contributed by atoms with Crippen LogP contribution in [-0.4, -0.2) is 23.9 Å². The van der Waals surface area contributed by atoms with Crippen LogP contribution in [0.25, 0.3) is 21.8 Å². The first-order chi connectivity index (χ1) is 14.5. The first-order valence-corrected chi connectivity index (χ1v) is 10.3. The van der Waals surface area contributed by atoms with Crippen molar-refractivity contribution >= 4 is 31.9 Å². The molecule has 6 nitrogen and oxygen atoms in total. The quantitative estimate of drug-likeness (QED) is 0.356. The SMILES string of the molecule is Cc1ccc2[nH]ccc(=O)c2c1.Cc1ccc2nccc(OS(=O)(=O)C(F)(F)F)c2c1. The van der Waals surface area contributed by atoms with Gasteiger partial charge in [0, 0.05) is 40.8 Å². The third-order valence-corrected chi connectivity index (χ3v) is 5.22. The molecule has 0 radical (unpaired) electrons. The second kappa shape index (κ2) is 8.38. The summed E-state index contributed by atoms with van der Waals surface area (Å²) in [6, 6.07) is 13.2. The lowest BCUT2D eigenvalue weighted by Crippen LogP contribution is -2.28. The Bertz CT molecular complexity index is 1410. The number of pyridine rings is 2. The standard InChI is InChI=1S/C11H8F3NO3S.C10H9NO/c1-7-2-3-9-8(6-7)10(4-5-15-9)18-19(16,17)11(12,13)14;1-7-2-3-9-8(6-7)10(12)4-5-11-9/h2-6H,1H3;2-6H,1H3,(H,11,12). The summed E-state index contributed by atoms with van der Waals surface area (Å²) in [5.74, 6) is -0.397. The summed E-state index contributed by atoms with van der Waals surface area (Å²) in [4.78, 5) is 18.2. The average Bonchev–Trinajstić information content (AvgIpc) is 2.69. The van der Waals surface area contributed by atoms with Crippen LogP contribution in [0.2, 0.25) is 0 Å². The van der Waals surface area contributed by atoms with E-state index in [1.165, 1.54) is 12.3 Å². The van der Waals surface area contributed by atoms with Crippen molar-refractivity contribution in [1.82, 2.24) is 9.97 Å². The van der Waals surface area contributed by atoms with Gasteiger partial charge < -0.3 is 9.17 Å². The number of aromatic nitrogens is 2. The molecule has 31 heavy (non-hydrogen) atoms. The Morgan fingerprint density at radius 2 is 1.58 bits per heavy atom. The Labute approximate surface area is 175 Å². The topological polar surface area (TPSA) is 89.1 Å². The molecule has 0 aliphatic carbocycles. The molecule has 4 aromatic rings. The van der Waals surface area contributed by atoms with Crippen molar-refractivity contribution in [3.8, 4) is 5.75 Å². The Hall–Kier alpha value is -3.40. The second-order valence-electron chi connectivity index (χ2n) is 6.70. The zero-order valence-corrected chi connectivity index (χ0v) is 17.2. The molecule has 2 aromatic heterocycles. The lowest BCUT2D eigenvalue weighted by Gasteiger charge is -2.11. The molecule has 0 bridgehead atoms. The van der Waals surface area contributed by atoms with Crippen molar-refractivity contribution in [2.24, 2.45) is 0 Å². The highest BCUT2D eigenvalue weighted by Crippen LogP contribution is 2.31. The van der Waals surface area contributed by atoms with Crippen LogP contribution in [0, 0.1) is 13.8 Å². The van der Waals surface area contributed by atoms with Crippen LogP contribution in [0.5, 0.6) is 5.75 Å². The highest BCUT2D eigenvalue weighted by atomic mass is 32.2. The van der Waals surface area contributed by atoms with E-state index in [1.807, 2.05) is 25.1 Å². The van der Waals surface area contributed by atoms with Crippen LogP contribution in [0.15, 0.2) is 65.7 Å². The smallest absolute Gasteiger partial charge is 0.375 e. The van der Waals surface area contributed by atoms with Crippen molar-refractivity contribution in [3.63, 3.8) is 0 Å². The maximum atomic E-state index is 12.3. The molecule has 1 N–H and O–H groups in total. The Morgan fingerprint density at radius 3 is 2.26 bits per heavy atom. The number of alkyl halides is 3. The molecule has 0 atom stereocenters. The van der Waals surface area contributed by atoms with Crippen LogP contribution in [0.4, 0.5) is 13.2 Å². The zero-order chi connectivity index (χ0) is 22.8. The highest BCUT2D eigenvalue weighted by molar-refractivity contribution is 7.88. The summed E-state index contributed by atoms with van der Waals surface area (Å²) < 4.78 is 62.9. The molecule has 0 saturated carbocycles. The van der Waals surface area contributed by atoms with Crippen LogP contribution in [-0.2, 0) is 10.1 Å². The monoisotopic (exact) mass is 450 g/mol. The van der Waals surface area contributed by atoms with Gasteiger partial charge in [0.25, 0.3) is 0 Å². The third-order valence-electron chi connectivity index (χ3n) is 4.25.